The van der Waals surface area contributed by atoms with Crippen LogP contribution in [0.4, 0.5) is 0 Å². The molecule has 3 heteroatoms. The van der Waals surface area contributed by atoms with Crippen molar-refractivity contribution in [1.29, 1.82) is 0 Å². The van der Waals surface area contributed by atoms with Crippen LogP contribution in [0, 0.1) is 22.7 Å². The molecule has 1 heterocycles. The second kappa shape index (κ2) is 3.90. The van der Waals surface area contributed by atoms with Crippen LogP contribution < -0.4 is 0 Å². The molecule has 2 nitrogen and oxygen atoms in total. The number of esters is 1. The van der Waals surface area contributed by atoms with Crippen LogP contribution in [0.5, 0.6) is 0 Å². The molecular formula is C16H25ClO2. The van der Waals surface area contributed by atoms with Crippen LogP contribution in [0.3, 0.4) is 0 Å². The first-order chi connectivity index (χ1) is 8.67. The number of fused-ring (bicyclic) bond motifs is 3. The summed E-state index contributed by atoms with van der Waals surface area (Å²) >= 11 is 6.56. The zero-order chi connectivity index (χ0) is 14.1. The number of ether oxygens (including phenoxy) is 1. The maximum Gasteiger partial charge on any atom is 0.306 e. The number of alkyl halides is 1. The molecule has 3 aliphatic rings. The van der Waals surface area contributed by atoms with Gasteiger partial charge >= 0.3 is 5.97 Å². The molecular weight excluding hydrogens is 260 g/mol. The molecule has 2 aliphatic carbocycles. The fourth-order valence-electron chi connectivity index (χ4n) is 5.75. The second-order valence-corrected chi connectivity index (χ2v) is 8.75. The standard InChI is InChI=1S/C16H25ClO2/c1-14(2)8-10(17)9-15(3)11(14)5-6-16(4)12(15)7-13(18)19-16/h10-12H,5-9H2,1-4H3/t10-,11?,12+,15-,16+/m0/s1. The lowest BCUT2D eigenvalue weighted by molar-refractivity contribution is -0.164. The molecule has 3 rings (SSSR count). The fraction of sp³-hybridized carbons (Fsp3) is 0.938. The molecule has 1 saturated heterocycles. The van der Waals surface area contributed by atoms with Gasteiger partial charge in [-0.2, -0.15) is 0 Å². The molecule has 3 fully saturated rings. The third-order valence-corrected chi connectivity index (χ3v) is 6.64. The van der Waals surface area contributed by atoms with Crippen LogP contribution in [0.1, 0.15) is 59.8 Å². The Morgan fingerprint density at radius 2 is 1.84 bits per heavy atom. The molecule has 1 aliphatic heterocycles. The number of hydrogen-bond donors (Lipinski definition) is 0. The minimum atomic E-state index is -0.244. The summed E-state index contributed by atoms with van der Waals surface area (Å²) in [4.78, 5) is 11.8. The number of carbonyl (C=O) groups excluding carboxylic acids is 1. The number of rotatable bonds is 0. The number of hydrogen-bond acceptors (Lipinski definition) is 2. The summed E-state index contributed by atoms with van der Waals surface area (Å²) in [6.07, 6.45) is 4.88. The van der Waals surface area contributed by atoms with Gasteiger partial charge in [-0.3, -0.25) is 4.79 Å². The van der Waals surface area contributed by atoms with E-state index in [9.17, 15) is 4.79 Å². The van der Waals surface area contributed by atoms with Crippen molar-refractivity contribution in [2.24, 2.45) is 22.7 Å². The van der Waals surface area contributed by atoms with Crippen LogP contribution in [-0.2, 0) is 9.53 Å². The van der Waals surface area contributed by atoms with Gasteiger partial charge in [0, 0.05) is 11.3 Å². The Labute approximate surface area is 121 Å². The summed E-state index contributed by atoms with van der Waals surface area (Å²) in [7, 11) is 0. The van der Waals surface area contributed by atoms with E-state index in [0.29, 0.717) is 18.3 Å². The monoisotopic (exact) mass is 284 g/mol. The fourth-order valence-corrected chi connectivity index (χ4v) is 6.48. The molecule has 0 N–H and O–H groups in total. The minimum Gasteiger partial charge on any atom is -0.459 e. The predicted molar refractivity (Wildman–Crippen MR) is 76.1 cm³/mol. The molecule has 19 heavy (non-hydrogen) atoms. The van der Waals surface area contributed by atoms with E-state index < -0.39 is 0 Å². The average Bonchev–Trinajstić information content (AvgIpc) is 2.51. The number of halogens is 1. The van der Waals surface area contributed by atoms with Crippen molar-refractivity contribution in [2.45, 2.75) is 70.8 Å². The van der Waals surface area contributed by atoms with Crippen molar-refractivity contribution in [2.75, 3.05) is 0 Å². The Bertz CT molecular complexity index is 419. The largest absolute Gasteiger partial charge is 0.459 e. The van der Waals surface area contributed by atoms with E-state index >= 15 is 0 Å². The quantitative estimate of drug-likeness (QED) is 0.493. The van der Waals surface area contributed by atoms with Crippen LogP contribution in [-0.4, -0.2) is 16.9 Å². The van der Waals surface area contributed by atoms with Crippen molar-refractivity contribution in [1.82, 2.24) is 0 Å². The van der Waals surface area contributed by atoms with E-state index in [1.807, 2.05) is 0 Å². The highest BCUT2D eigenvalue weighted by molar-refractivity contribution is 6.20. The van der Waals surface area contributed by atoms with Crippen LogP contribution in [0.2, 0.25) is 0 Å². The van der Waals surface area contributed by atoms with Crippen molar-refractivity contribution in [3.05, 3.63) is 0 Å². The van der Waals surface area contributed by atoms with E-state index in [0.717, 1.165) is 25.7 Å². The van der Waals surface area contributed by atoms with Crippen LogP contribution in [0.25, 0.3) is 0 Å². The van der Waals surface area contributed by atoms with Crippen molar-refractivity contribution in [3.8, 4) is 0 Å². The van der Waals surface area contributed by atoms with Crippen LogP contribution >= 0.6 is 11.6 Å². The van der Waals surface area contributed by atoms with Gasteiger partial charge < -0.3 is 4.74 Å². The van der Waals surface area contributed by atoms with Crippen molar-refractivity contribution >= 4 is 17.6 Å². The third-order valence-electron chi connectivity index (χ3n) is 6.33. The Morgan fingerprint density at radius 1 is 1.16 bits per heavy atom. The SMILES string of the molecule is CC1(C)C[C@H](Cl)C[C@@]2(C)C1CC[C@@]1(C)OC(=O)C[C@@H]12. The van der Waals surface area contributed by atoms with E-state index in [4.69, 9.17) is 16.3 Å². The van der Waals surface area contributed by atoms with Crippen LogP contribution in [0.15, 0.2) is 0 Å². The molecule has 1 unspecified atom stereocenters. The summed E-state index contributed by atoms with van der Waals surface area (Å²) in [5.74, 6) is 0.985. The maximum atomic E-state index is 11.8. The van der Waals surface area contributed by atoms with Gasteiger partial charge in [-0.05, 0) is 49.4 Å². The van der Waals surface area contributed by atoms with E-state index in [2.05, 4.69) is 27.7 Å². The van der Waals surface area contributed by atoms with Gasteiger partial charge in [0.25, 0.3) is 0 Å². The van der Waals surface area contributed by atoms with Gasteiger partial charge in [0.1, 0.15) is 5.60 Å². The van der Waals surface area contributed by atoms with Gasteiger partial charge in [0.2, 0.25) is 0 Å². The number of carbonyl (C=O) groups is 1. The molecule has 5 atom stereocenters. The predicted octanol–water partition coefficient (Wildman–Crippen LogP) is 4.15. The first-order valence-corrected chi connectivity index (χ1v) is 7.97. The summed E-state index contributed by atoms with van der Waals surface area (Å²) in [6, 6.07) is 0. The summed E-state index contributed by atoms with van der Waals surface area (Å²) < 4.78 is 5.69. The lowest BCUT2D eigenvalue weighted by atomic mass is 9.45. The summed E-state index contributed by atoms with van der Waals surface area (Å²) in [5.41, 5.74) is 0.173. The Kier molecular flexibility index (Phi) is 2.82. The summed E-state index contributed by atoms with van der Waals surface area (Å²) in [5, 5.41) is 0.231. The van der Waals surface area contributed by atoms with Gasteiger partial charge in [0.05, 0.1) is 6.42 Å². The van der Waals surface area contributed by atoms with E-state index in [-0.39, 0.29) is 27.8 Å². The molecule has 0 aromatic carbocycles. The molecule has 108 valence electrons. The highest BCUT2D eigenvalue weighted by Crippen LogP contribution is 2.65. The Hall–Kier alpha value is -0.240. The first-order valence-electron chi connectivity index (χ1n) is 7.53. The Balaban J connectivity index is 2.02. The van der Waals surface area contributed by atoms with Gasteiger partial charge in [-0.15, -0.1) is 11.6 Å². The van der Waals surface area contributed by atoms with E-state index in [1.54, 1.807) is 0 Å². The minimum absolute atomic E-state index is 0.0103. The highest BCUT2D eigenvalue weighted by Gasteiger charge is 2.63. The zero-order valence-electron chi connectivity index (χ0n) is 12.5. The average molecular weight is 285 g/mol. The van der Waals surface area contributed by atoms with Crippen molar-refractivity contribution in [3.63, 3.8) is 0 Å². The van der Waals surface area contributed by atoms with Gasteiger partial charge in [-0.25, -0.2) is 0 Å². The second-order valence-electron chi connectivity index (χ2n) is 8.13. The molecule has 2 saturated carbocycles. The smallest absolute Gasteiger partial charge is 0.306 e. The topological polar surface area (TPSA) is 26.3 Å². The molecule has 0 bridgehead atoms. The maximum absolute atomic E-state index is 11.8. The highest BCUT2D eigenvalue weighted by atomic mass is 35.5. The molecule has 0 spiro atoms. The third kappa shape index (κ3) is 1.86. The molecule has 0 amide bonds. The van der Waals surface area contributed by atoms with E-state index in [1.165, 1.54) is 0 Å². The lowest BCUT2D eigenvalue weighted by Crippen LogP contribution is -2.57. The molecule has 0 aromatic rings. The Morgan fingerprint density at radius 3 is 2.53 bits per heavy atom. The first kappa shape index (κ1) is 13.7. The van der Waals surface area contributed by atoms with Gasteiger partial charge in [-0.1, -0.05) is 20.8 Å². The van der Waals surface area contributed by atoms with Crippen molar-refractivity contribution < 1.29 is 9.53 Å². The molecule has 0 aromatic heterocycles. The normalized spacial score (nSPS) is 52.3. The zero-order valence-corrected chi connectivity index (χ0v) is 13.2. The van der Waals surface area contributed by atoms with Gasteiger partial charge in [0.15, 0.2) is 0 Å². The lowest BCUT2D eigenvalue weighted by Gasteiger charge is -2.60. The summed E-state index contributed by atoms with van der Waals surface area (Å²) in [6.45, 7) is 9.20. The molecule has 0 radical (unpaired) electrons.